The summed E-state index contributed by atoms with van der Waals surface area (Å²) in [5.41, 5.74) is -0.722. The smallest absolute Gasteiger partial charge is 0.416 e. The Balaban J connectivity index is 1.99. The van der Waals surface area contributed by atoms with E-state index < -0.39 is 54.5 Å². The Morgan fingerprint density at radius 1 is 0.968 bits per heavy atom. The van der Waals surface area contributed by atoms with E-state index in [0.29, 0.717) is 0 Å². The van der Waals surface area contributed by atoms with Crippen LogP contribution in [0.25, 0.3) is 0 Å². The lowest BCUT2D eigenvalue weighted by atomic mass is 9.94. The molecule has 1 aliphatic heterocycles. The second-order valence-electron chi connectivity index (χ2n) is 6.99. The number of alkyl halides is 3. The third-order valence-corrected chi connectivity index (χ3v) is 5.00. The van der Waals surface area contributed by atoms with Crippen molar-refractivity contribution in [2.24, 2.45) is 5.92 Å². The van der Waals surface area contributed by atoms with Crippen LogP contribution in [-0.2, 0) is 30.0 Å². The molecule has 0 saturated carbocycles. The lowest BCUT2D eigenvalue weighted by molar-refractivity contribution is -0.154. The summed E-state index contributed by atoms with van der Waals surface area (Å²) < 4.78 is 47.1. The van der Waals surface area contributed by atoms with Crippen molar-refractivity contribution in [3.8, 4) is 0 Å². The molecule has 1 aromatic rings. The average Bonchev–Trinajstić information content (AvgIpc) is 2.77. The van der Waals surface area contributed by atoms with E-state index in [2.05, 4.69) is 9.47 Å². The van der Waals surface area contributed by atoms with Crippen LogP contribution in [0.3, 0.4) is 0 Å². The van der Waals surface area contributed by atoms with Crippen LogP contribution in [0, 0.1) is 5.92 Å². The molecule has 11 heteroatoms. The summed E-state index contributed by atoms with van der Waals surface area (Å²) in [6, 6.07) is 3.94. The maximum atomic E-state index is 12.8. The van der Waals surface area contributed by atoms with Crippen LogP contribution in [0.1, 0.15) is 28.8 Å². The van der Waals surface area contributed by atoms with Crippen LogP contribution >= 0.6 is 0 Å². The van der Waals surface area contributed by atoms with E-state index in [1.165, 1.54) is 4.90 Å². The molecule has 0 spiro atoms. The van der Waals surface area contributed by atoms with Gasteiger partial charge in [0, 0.05) is 24.6 Å². The predicted octanol–water partition coefficient (Wildman–Crippen LogP) is 1.73. The van der Waals surface area contributed by atoms with Crippen molar-refractivity contribution >= 4 is 23.8 Å². The number of methoxy groups -OCH3 is 2. The number of benzene rings is 1. The SMILES string of the molecule is COC(=O)CN(CC(=O)OC)C(=O)C1CCN(C(=O)c2ccc(C(F)(F)F)cc2)CC1. The van der Waals surface area contributed by atoms with Gasteiger partial charge in [-0.1, -0.05) is 0 Å². The molecule has 1 fully saturated rings. The lowest BCUT2D eigenvalue weighted by Gasteiger charge is -2.33. The van der Waals surface area contributed by atoms with Gasteiger partial charge in [-0.15, -0.1) is 0 Å². The topological polar surface area (TPSA) is 93.2 Å². The molecule has 0 N–H and O–H groups in total. The predicted molar refractivity (Wildman–Crippen MR) is 101 cm³/mol. The lowest BCUT2D eigenvalue weighted by Crippen LogP contribution is -2.47. The van der Waals surface area contributed by atoms with Gasteiger partial charge < -0.3 is 19.3 Å². The monoisotopic (exact) mass is 444 g/mol. The summed E-state index contributed by atoms with van der Waals surface area (Å²) in [5.74, 6) is -2.76. The second-order valence-corrected chi connectivity index (χ2v) is 6.99. The fourth-order valence-corrected chi connectivity index (χ4v) is 3.22. The van der Waals surface area contributed by atoms with E-state index in [1.807, 2.05) is 0 Å². The molecule has 0 bridgehead atoms. The van der Waals surface area contributed by atoms with E-state index in [1.54, 1.807) is 0 Å². The number of rotatable bonds is 6. The Kier molecular flexibility index (Phi) is 8.01. The molecular weight excluding hydrogens is 421 g/mol. The molecule has 2 rings (SSSR count). The number of piperidine rings is 1. The highest BCUT2D eigenvalue weighted by Gasteiger charge is 2.33. The number of esters is 2. The van der Waals surface area contributed by atoms with Crippen LogP contribution in [-0.4, -0.2) is 74.0 Å². The highest BCUT2D eigenvalue weighted by Crippen LogP contribution is 2.29. The molecule has 8 nitrogen and oxygen atoms in total. The quantitative estimate of drug-likeness (QED) is 0.621. The van der Waals surface area contributed by atoms with Crippen molar-refractivity contribution in [2.75, 3.05) is 40.4 Å². The number of ether oxygens (including phenoxy) is 2. The minimum atomic E-state index is -4.49. The number of carbonyl (C=O) groups is 4. The first kappa shape index (κ1) is 24.2. The van der Waals surface area contributed by atoms with Gasteiger partial charge in [-0.25, -0.2) is 0 Å². The first-order valence-corrected chi connectivity index (χ1v) is 9.45. The Morgan fingerprint density at radius 2 is 1.45 bits per heavy atom. The van der Waals surface area contributed by atoms with Crippen molar-refractivity contribution in [3.63, 3.8) is 0 Å². The van der Waals surface area contributed by atoms with E-state index >= 15 is 0 Å². The molecule has 1 aromatic carbocycles. The van der Waals surface area contributed by atoms with E-state index in [0.717, 1.165) is 43.4 Å². The summed E-state index contributed by atoms with van der Waals surface area (Å²) in [6.45, 7) is -0.397. The van der Waals surface area contributed by atoms with Gasteiger partial charge in [-0.05, 0) is 37.1 Å². The number of hydrogen-bond acceptors (Lipinski definition) is 6. The normalized spacial score (nSPS) is 14.7. The Labute approximate surface area is 176 Å². The molecule has 0 atom stereocenters. The van der Waals surface area contributed by atoms with Gasteiger partial charge in [0.1, 0.15) is 13.1 Å². The minimum Gasteiger partial charge on any atom is -0.468 e. The Hall–Kier alpha value is -3.11. The highest BCUT2D eigenvalue weighted by molar-refractivity contribution is 5.94. The maximum absolute atomic E-state index is 12.8. The number of halogens is 3. The Morgan fingerprint density at radius 3 is 1.87 bits per heavy atom. The summed E-state index contributed by atoms with van der Waals surface area (Å²) in [5, 5.41) is 0. The molecule has 0 unspecified atom stereocenters. The maximum Gasteiger partial charge on any atom is 0.416 e. The minimum absolute atomic E-state index is 0.121. The Bertz CT molecular complexity index is 799. The first-order chi connectivity index (χ1) is 14.6. The van der Waals surface area contributed by atoms with Gasteiger partial charge in [0.05, 0.1) is 19.8 Å². The van der Waals surface area contributed by atoms with Crippen LogP contribution in [0.5, 0.6) is 0 Å². The summed E-state index contributed by atoms with van der Waals surface area (Å²) in [7, 11) is 2.32. The number of carbonyl (C=O) groups excluding carboxylic acids is 4. The fraction of sp³-hybridized carbons (Fsp3) is 0.500. The zero-order valence-electron chi connectivity index (χ0n) is 17.1. The number of nitrogens with zero attached hydrogens (tertiary/aromatic N) is 2. The molecule has 0 aromatic heterocycles. The molecule has 0 aliphatic carbocycles. The largest absolute Gasteiger partial charge is 0.468 e. The van der Waals surface area contributed by atoms with Gasteiger partial charge in [0.15, 0.2) is 0 Å². The molecule has 2 amide bonds. The van der Waals surface area contributed by atoms with E-state index in [4.69, 9.17) is 0 Å². The van der Waals surface area contributed by atoms with Gasteiger partial charge in [0.25, 0.3) is 5.91 Å². The number of likely N-dealkylation sites (tertiary alicyclic amines) is 1. The van der Waals surface area contributed by atoms with Crippen molar-refractivity contribution < 1.29 is 41.8 Å². The van der Waals surface area contributed by atoms with Crippen LogP contribution in [0.2, 0.25) is 0 Å². The van der Waals surface area contributed by atoms with Gasteiger partial charge >= 0.3 is 18.1 Å². The summed E-state index contributed by atoms with van der Waals surface area (Å²) in [6.07, 6.45) is -3.92. The van der Waals surface area contributed by atoms with Gasteiger partial charge in [-0.3, -0.25) is 19.2 Å². The number of hydrogen-bond donors (Lipinski definition) is 0. The van der Waals surface area contributed by atoms with Crippen molar-refractivity contribution in [3.05, 3.63) is 35.4 Å². The molecule has 31 heavy (non-hydrogen) atoms. The standard InChI is InChI=1S/C20H23F3N2O6/c1-30-16(26)11-25(12-17(27)31-2)19(29)14-7-9-24(10-8-14)18(28)13-3-5-15(6-4-13)20(21,22)23/h3-6,14H,7-12H2,1-2H3. The molecule has 1 aliphatic rings. The van der Waals surface area contributed by atoms with Gasteiger partial charge in [0.2, 0.25) is 5.91 Å². The molecule has 1 saturated heterocycles. The van der Waals surface area contributed by atoms with Crippen LogP contribution < -0.4 is 0 Å². The zero-order valence-corrected chi connectivity index (χ0v) is 17.1. The third kappa shape index (κ3) is 6.43. The summed E-state index contributed by atoms with van der Waals surface area (Å²) in [4.78, 5) is 51.0. The number of amides is 2. The first-order valence-electron chi connectivity index (χ1n) is 9.45. The summed E-state index contributed by atoms with van der Waals surface area (Å²) >= 11 is 0. The van der Waals surface area contributed by atoms with Crippen molar-refractivity contribution in [1.29, 1.82) is 0 Å². The third-order valence-electron chi connectivity index (χ3n) is 5.00. The van der Waals surface area contributed by atoms with Crippen molar-refractivity contribution in [1.82, 2.24) is 9.80 Å². The van der Waals surface area contributed by atoms with E-state index in [-0.39, 0.29) is 31.5 Å². The van der Waals surface area contributed by atoms with Crippen LogP contribution in [0.15, 0.2) is 24.3 Å². The zero-order chi connectivity index (χ0) is 23.2. The van der Waals surface area contributed by atoms with Gasteiger partial charge in [-0.2, -0.15) is 13.2 Å². The van der Waals surface area contributed by atoms with E-state index in [9.17, 15) is 32.3 Å². The molecule has 1 heterocycles. The molecule has 170 valence electrons. The molecule has 0 radical (unpaired) electrons. The fourth-order valence-electron chi connectivity index (χ4n) is 3.22. The highest BCUT2D eigenvalue weighted by atomic mass is 19.4. The second kappa shape index (κ2) is 10.3. The average molecular weight is 444 g/mol. The van der Waals surface area contributed by atoms with Crippen LogP contribution in [0.4, 0.5) is 13.2 Å². The van der Waals surface area contributed by atoms with Crippen molar-refractivity contribution in [2.45, 2.75) is 19.0 Å². The molecular formula is C20H23F3N2O6.